The SMILES string of the molecule is Cc1nc(NC2CCCCC2Cl)sc1C. The number of hydrogen-bond donors (Lipinski definition) is 1. The molecular weight excluding hydrogens is 228 g/mol. The van der Waals surface area contributed by atoms with Gasteiger partial charge >= 0.3 is 0 Å². The predicted octanol–water partition coefficient (Wildman–Crippen LogP) is 3.72. The first-order valence-corrected chi connectivity index (χ1v) is 6.77. The van der Waals surface area contributed by atoms with Crippen molar-refractivity contribution in [3.05, 3.63) is 10.6 Å². The molecule has 0 bridgehead atoms. The van der Waals surface area contributed by atoms with E-state index in [2.05, 4.69) is 24.1 Å². The molecule has 0 radical (unpaired) electrons. The van der Waals surface area contributed by atoms with E-state index < -0.39 is 0 Å². The molecule has 2 atom stereocenters. The highest BCUT2D eigenvalue weighted by atomic mass is 35.5. The molecule has 4 heteroatoms. The first-order chi connectivity index (χ1) is 7.16. The smallest absolute Gasteiger partial charge is 0.183 e. The van der Waals surface area contributed by atoms with Gasteiger partial charge in [-0.05, 0) is 26.7 Å². The average Bonchev–Trinajstić information content (AvgIpc) is 2.50. The molecule has 0 aromatic carbocycles. The van der Waals surface area contributed by atoms with Crippen LogP contribution in [-0.4, -0.2) is 16.4 Å². The molecule has 1 fully saturated rings. The van der Waals surface area contributed by atoms with Gasteiger partial charge in [-0.1, -0.05) is 12.8 Å². The summed E-state index contributed by atoms with van der Waals surface area (Å²) >= 11 is 8.02. The van der Waals surface area contributed by atoms with E-state index in [9.17, 15) is 0 Å². The molecule has 1 saturated carbocycles. The van der Waals surface area contributed by atoms with Crippen molar-refractivity contribution in [2.75, 3.05) is 5.32 Å². The Morgan fingerprint density at radius 1 is 1.33 bits per heavy atom. The zero-order valence-corrected chi connectivity index (χ0v) is 10.8. The summed E-state index contributed by atoms with van der Waals surface area (Å²) in [6.07, 6.45) is 4.85. The Kier molecular flexibility index (Phi) is 3.52. The molecular formula is C11H17ClN2S. The number of aryl methyl sites for hydroxylation is 2. The van der Waals surface area contributed by atoms with Crippen molar-refractivity contribution < 1.29 is 0 Å². The Balaban J connectivity index is 2.01. The van der Waals surface area contributed by atoms with E-state index in [1.165, 1.54) is 24.1 Å². The van der Waals surface area contributed by atoms with Crippen molar-refractivity contribution in [1.29, 1.82) is 0 Å². The van der Waals surface area contributed by atoms with Crippen LogP contribution in [0.2, 0.25) is 0 Å². The lowest BCUT2D eigenvalue weighted by Crippen LogP contribution is -2.32. The van der Waals surface area contributed by atoms with Crippen molar-refractivity contribution in [1.82, 2.24) is 4.98 Å². The maximum atomic E-state index is 6.29. The molecule has 1 aromatic rings. The van der Waals surface area contributed by atoms with Gasteiger partial charge in [0.05, 0.1) is 11.1 Å². The van der Waals surface area contributed by atoms with Gasteiger partial charge in [0.2, 0.25) is 0 Å². The highest BCUT2D eigenvalue weighted by Gasteiger charge is 2.23. The number of halogens is 1. The molecule has 2 rings (SSSR count). The number of alkyl halides is 1. The number of thiazole rings is 1. The summed E-state index contributed by atoms with van der Waals surface area (Å²) in [4.78, 5) is 5.78. The van der Waals surface area contributed by atoms with Gasteiger partial charge < -0.3 is 5.32 Å². The maximum absolute atomic E-state index is 6.29. The average molecular weight is 245 g/mol. The van der Waals surface area contributed by atoms with E-state index in [-0.39, 0.29) is 5.38 Å². The molecule has 2 nitrogen and oxygen atoms in total. The van der Waals surface area contributed by atoms with E-state index >= 15 is 0 Å². The van der Waals surface area contributed by atoms with Crippen LogP contribution in [0.1, 0.15) is 36.3 Å². The van der Waals surface area contributed by atoms with Crippen LogP contribution in [0.25, 0.3) is 0 Å². The normalized spacial score (nSPS) is 26.6. The van der Waals surface area contributed by atoms with Crippen LogP contribution in [-0.2, 0) is 0 Å². The minimum Gasteiger partial charge on any atom is -0.357 e. The van der Waals surface area contributed by atoms with Crippen LogP contribution >= 0.6 is 22.9 Å². The third-order valence-corrected chi connectivity index (χ3v) is 4.55. The lowest BCUT2D eigenvalue weighted by Gasteiger charge is -2.27. The summed E-state index contributed by atoms with van der Waals surface area (Å²) in [5, 5.41) is 4.76. The van der Waals surface area contributed by atoms with Gasteiger partial charge in [0.25, 0.3) is 0 Å². The molecule has 1 aromatic heterocycles. The second-order valence-electron chi connectivity index (χ2n) is 4.21. The van der Waals surface area contributed by atoms with Crippen LogP contribution in [0, 0.1) is 13.8 Å². The van der Waals surface area contributed by atoms with Gasteiger partial charge in [0, 0.05) is 10.9 Å². The summed E-state index contributed by atoms with van der Waals surface area (Å²) in [6.45, 7) is 4.16. The Bertz CT molecular complexity index is 318. The molecule has 0 amide bonds. The van der Waals surface area contributed by atoms with Gasteiger partial charge in [0.15, 0.2) is 5.13 Å². The monoisotopic (exact) mass is 244 g/mol. The van der Waals surface area contributed by atoms with Gasteiger partial charge in [-0.3, -0.25) is 0 Å². The third kappa shape index (κ3) is 2.64. The fourth-order valence-electron chi connectivity index (χ4n) is 1.94. The second-order valence-corrected chi connectivity index (χ2v) is 5.98. The molecule has 1 heterocycles. The number of aromatic nitrogens is 1. The van der Waals surface area contributed by atoms with Crippen LogP contribution in [0.5, 0.6) is 0 Å². The number of hydrogen-bond acceptors (Lipinski definition) is 3. The summed E-state index contributed by atoms with van der Waals surface area (Å²) in [5.74, 6) is 0. The second kappa shape index (κ2) is 4.71. The van der Waals surface area contributed by atoms with Gasteiger partial charge in [-0.15, -0.1) is 22.9 Å². The summed E-state index contributed by atoms with van der Waals surface area (Å²) in [5.41, 5.74) is 1.13. The molecule has 1 N–H and O–H groups in total. The standard InChI is InChI=1S/C11H17ClN2S/c1-7-8(2)15-11(13-7)14-10-6-4-3-5-9(10)12/h9-10H,3-6H2,1-2H3,(H,13,14). The number of nitrogens with zero attached hydrogens (tertiary/aromatic N) is 1. The number of anilines is 1. The van der Waals surface area contributed by atoms with Gasteiger partial charge in [-0.25, -0.2) is 4.98 Å². The van der Waals surface area contributed by atoms with Crippen molar-refractivity contribution >= 4 is 28.1 Å². The Labute approximate surface area is 100 Å². The molecule has 0 aliphatic heterocycles. The minimum atomic E-state index is 0.267. The Morgan fingerprint density at radius 3 is 2.67 bits per heavy atom. The summed E-state index contributed by atoms with van der Waals surface area (Å²) in [7, 11) is 0. The van der Waals surface area contributed by atoms with Crippen LogP contribution in [0.3, 0.4) is 0 Å². The summed E-state index contributed by atoms with van der Waals surface area (Å²) in [6, 6.07) is 0.408. The zero-order valence-electron chi connectivity index (χ0n) is 9.22. The topological polar surface area (TPSA) is 24.9 Å². The molecule has 1 aliphatic carbocycles. The predicted molar refractivity (Wildman–Crippen MR) is 67.1 cm³/mol. The Morgan fingerprint density at radius 2 is 2.07 bits per heavy atom. The zero-order chi connectivity index (χ0) is 10.8. The molecule has 0 spiro atoms. The van der Waals surface area contributed by atoms with E-state index in [4.69, 9.17) is 11.6 Å². The molecule has 2 unspecified atom stereocenters. The first-order valence-electron chi connectivity index (χ1n) is 5.51. The highest BCUT2D eigenvalue weighted by Crippen LogP contribution is 2.28. The fourth-order valence-corrected chi connectivity index (χ4v) is 3.16. The largest absolute Gasteiger partial charge is 0.357 e. The third-order valence-electron chi connectivity index (χ3n) is 3.02. The Hall–Kier alpha value is -0.280. The van der Waals surface area contributed by atoms with Crippen LogP contribution < -0.4 is 5.32 Å². The van der Waals surface area contributed by atoms with Gasteiger partial charge in [-0.2, -0.15) is 0 Å². The number of rotatable bonds is 2. The van der Waals surface area contributed by atoms with Crippen molar-refractivity contribution in [3.63, 3.8) is 0 Å². The van der Waals surface area contributed by atoms with E-state index in [1.54, 1.807) is 11.3 Å². The molecule has 1 aliphatic rings. The number of nitrogens with one attached hydrogen (secondary N) is 1. The van der Waals surface area contributed by atoms with Crippen LogP contribution in [0.4, 0.5) is 5.13 Å². The van der Waals surface area contributed by atoms with Crippen molar-refractivity contribution in [2.24, 2.45) is 0 Å². The first kappa shape index (κ1) is 11.2. The lowest BCUT2D eigenvalue weighted by molar-refractivity contribution is 0.469. The van der Waals surface area contributed by atoms with Gasteiger partial charge in [0.1, 0.15) is 0 Å². The minimum absolute atomic E-state index is 0.267. The molecule has 84 valence electrons. The maximum Gasteiger partial charge on any atom is 0.183 e. The van der Waals surface area contributed by atoms with E-state index in [1.807, 2.05) is 0 Å². The van der Waals surface area contributed by atoms with E-state index in [0.29, 0.717) is 6.04 Å². The van der Waals surface area contributed by atoms with Crippen molar-refractivity contribution in [3.8, 4) is 0 Å². The lowest BCUT2D eigenvalue weighted by atomic mass is 9.95. The molecule has 0 saturated heterocycles. The van der Waals surface area contributed by atoms with Crippen LogP contribution in [0.15, 0.2) is 0 Å². The van der Waals surface area contributed by atoms with Crippen molar-refractivity contribution in [2.45, 2.75) is 50.9 Å². The summed E-state index contributed by atoms with van der Waals surface area (Å²) < 4.78 is 0. The highest BCUT2D eigenvalue weighted by molar-refractivity contribution is 7.15. The fraction of sp³-hybridized carbons (Fsp3) is 0.727. The van der Waals surface area contributed by atoms with E-state index in [0.717, 1.165) is 17.2 Å². The quantitative estimate of drug-likeness (QED) is 0.802. The molecule has 15 heavy (non-hydrogen) atoms.